The fraction of sp³-hybridized carbons (Fsp3) is 0.480. The summed E-state index contributed by atoms with van der Waals surface area (Å²) in [4.78, 5) is 99.8. The second kappa shape index (κ2) is 48.4. The number of nitrogens with zero attached hydrogens (tertiary/aromatic N) is 7. The van der Waals surface area contributed by atoms with Crippen molar-refractivity contribution in [2.75, 3.05) is 13.2 Å². The third-order valence-corrected chi connectivity index (χ3v) is 24.6. The van der Waals surface area contributed by atoms with Crippen LogP contribution in [0.3, 0.4) is 0 Å². The molecule has 6 atom stereocenters. The molecular weight excluding hydrogens is 2020 g/mol. The molecule has 4 aromatic heterocycles. The van der Waals surface area contributed by atoms with Crippen LogP contribution >= 0.6 is 139 Å². The minimum Gasteiger partial charge on any atom is -0.477 e. The van der Waals surface area contributed by atoms with Gasteiger partial charge in [0, 0.05) is 86.3 Å². The highest BCUT2D eigenvalue weighted by Gasteiger charge is 2.49. The number of rotatable bonds is 14. The quantitative estimate of drug-likeness (QED) is 0.0173. The monoisotopic (exact) mass is 2130 g/mol. The van der Waals surface area contributed by atoms with Gasteiger partial charge in [0.2, 0.25) is 0 Å². The summed E-state index contributed by atoms with van der Waals surface area (Å²) in [5.74, 6) is -1.13. The number of ether oxygens (including phenoxy) is 5. The van der Waals surface area contributed by atoms with Crippen molar-refractivity contribution in [2.24, 2.45) is 10.6 Å². The molecule has 4 saturated heterocycles. The number of aromatic nitrogens is 4. The van der Waals surface area contributed by atoms with Crippen LogP contribution in [0.1, 0.15) is 287 Å². The summed E-state index contributed by atoms with van der Waals surface area (Å²) in [5, 5.41) is 49.2. The highest BCUT2D eigenvalue weighted by atomic mass is 35.5. The number of aliphatic hydroxyl groups excluding tert-OH is 1. The Bertz CT molecular complexity index is 5590. The zero-order valence-electron chi connectivity index (χ0n) is 80.4. The van der Waals surface area contributed by atoms with Crippen molar-refractivity contribution in [1.82, 2.24) is 30.4 Å². The first kappa shape index (κ1) is 116. The van der Waals surface area contributed by atoms with Crippen LogP contribution in [0.2, 0.25) is 50.2 Å². The van der Waals surface area contributed by atoms with Crippen molar-refractivity contribution >= 4 is 191 Å². The first-order valence-electron chi connectivity index (χ1n) is 43.7. The number of hydrogen-bond donors (Lipinski definition) is 3. The van der Waals surface area contributed by atoms with Gasteiger partial charge < -0.3 is 67.0 Å². The molecule has 0 radical (unpaired) electrons. The second-order valence-corrected chi connectivity index (χ2v) is 44.2. The van der Waals surface area contributed by atoms with E-state index >= 15 is 0 Å². The molecule has 39 heteroatoms. The molecule has 3 N–H and O–H groups in total. The van der Waals surface area contributed by atoms with E-state index in [0.29, 0.717) is 133 Å². The molecule has 4 fully saturated rings. The third kappa shape index (κ3) is 30.8. The SMILES string of the molecule is CC(C)(C)OC(=O)N1[C@@H]2CC[C@H]1CC(O)C2.CC(C)(C)OC(=O)N1[C@@H]2CC[C@H]1CC(OC(=O)c1c(-c3c(Cl)cccc3Cl)noc1C(C)(C)C)C2.CC(C)(C)c1onc(-c2c(Cl)cccc2Cl)c1C(=O)Cl.CC(C)(C)c1onc(-c2c(Cl)cccc2Cl)c1C(=O)O.CCOC(=O)CC(=O)C(C)(C)C.CCOC(=O)c1c(-c2c(Cl)cccc2Cl)noc1C(C)(C)C.O/N=C(\Cl)c1c(Cl)cccc1Cl. The van der Waals surface area contributed by atoms with E-state index in [0.717, 1.165) is 25.7 Å². The number of hydrogen-bond acceptors (Lipinski definition) is 24. The van der Waals surface area contributed by atoms with E-state index in [4.69, 9.17) is 181 Å². The average Bonchev–Trinajstić information content (AvgIpc) is 1.71. The minimum absolute atomic E-state index is 0.00694. The number of amides is 2. The zero-order valence-corrected chi connectivity index (χ0v) is 89.4. The van der Waals surface area contributed by atoms with Gasteiger partial charge in [0.1, 0.15) is 74.5 Å². The van der Waals surface area contributed by atoms with Gasteiger partial charge in [-0.15, -0.1) is 0 Å². The van der Waals surface area contributed by atoms with Crippen LogP contribution in [-0.2, 0) is 54.9 Å². The Hall–Kier alpha value is -8.39. The van der Waals surface area contributed by atoms with E-state index in [1.165, 1.54) is 0 Å². The van der Waals surface area contributed by atoms with Gasteiger partial charge in [0.05, 0.1) is 75.1 Å². The van der Waals surface area contributed by atoms with Gasteiger partial charge in [-0.3, -0.25) is 14.4 Å². The number of carbonyl (C=O) groups excluding carboxylic acids is 7. The molecule has 13 rings (SSSR count). The van der Waals surface area contributed by atoms with Crippen LogP contribution in [0.25, 0.3) is 45.0 Å². The highest BCUT2D eigenvalue weighted by molar-refractivity contribution is 6.71. The fourth-order valence-electron chi connectivity index (χ4n) is 14.9. The van der Waals surface area contributed by atoms with E-state index in [2.05, 4.69) is 30.5 Å². The predicted octanol–water partition coefficient (Wildman–Crippen LogP) is 29.0. The summed E-state index contributed by atoms with van der Waals surface area (Å²) in [5.41, 5.74) is 0.450. The second-order valence-electron chi connectivity index (χ2n) is 39.4. The van der Waals surface area contributed by atoms with Crippen LogP contribution in [0.4, 0.5) is 9.59 Å². The zero-order chi connectivity index (χ0) is 103. The van der Waals surface area contributed by atoms with Gasteiger partial charge in [-0.25, -0.2) is 24.0 Å². The summed E-state index contributed by atoms with van der Waals surface area (Å²) in [7, 11) is 0. The van der Waals surface area contributed by atoms with Gasteiger partial charge in [0.25, 0.3) is 5.24 Å². The van der Waals surface area contributed by atoms with Gasteiger partial charge in [-0.05, 0) is 166 Å². The molecule has 746 valence electrons. The van der Waals surface area contributed by atoms with Crippen molar-refractivity contribution in [3.63, 3.8) is 0 Å². The van der Waals surface area contributed by atoms with Crippen molar-refractivity contribution < 1.29 is 95.6 Å². The maximum Gasteiger partial charge on any atom is 0.410 e. The number of aliphatic hydroxyl groups is 1. The fourth-order valence-corrected chi connectivity index (χ4v) is 18.3. The summed E-state index contributed by atoms with van der Waals surface area (Å²) < 4.78 is 48.4. The molecule has 2 unspecified atom stereocenters. The number of piperidine rings is 2. The Morgan fingerprint density at radius 2 is 0.679 bits per heavy atom. The molecule has 0 saturated carbocycles. The summed E-state index contributed by atoms with van der Waals surface area (Å²) >= 11 is 72.5. The van der Waals surface area contributed by atoms with Gasteiger partial charge in [0.15, 0.2) is 28.2 Å². The Balaban J connectivity index is 0.000000225. The molecule has 4 aliphatic heterocycles. The number of carbonyl (C=O) groups is 8. The topological polar surface area (TPSA) is 366 Å². The Kier molecular flexibility index (Phi) is 40.8. The lowest BCUT2D eigenvalue weighted by atomic mass is 9.88. The lowest BCUT2D eigenvalue weighted by molar-refractivity contribution is -0.147. The highest BCUT2D eigenvalue weighted by Crippen LogP contribution is 2.48. The Labute approximate surface area is 857 Å². The van der Waals surface area contributed by atoms with E-state index in [1.807, 2.05) is 134 Å². The normalized spacial score (nSPS) is 16.9. The molecule has 4 aliphatic rings. The predicted molar refractivity (Wildman–Crippen MR) is 536 cm³/mol. The van der Waals surface area contributed by atoms with Crippen LogP contribution in [-0.4, -0.2) is 159 Å². The van der Waals surface area contributed by atoms with Crippen LogP contribution in [0.5, 0.6) is 0 Å². The number of carboxylic acid groups (broad SMARTS) is 1. The maximum atomic E-state index is 13.6. The number of esters is 3. The van der Waals surface area contributed by atoms with Gasteiger partial charge in [-0.1, -0.05) is 288 Å². The first-order chi connectivity index (χ1) is 63.4. The lowest BCUT2D eigenvalue weighted by Crippen LogP contribution is -2.50. The van der Waals surface area contributed by atoms with E-state index in [-0.39, 0.29) is 118 Å². The Morgan fingerprint density at radius 1 is 0.401 bits per heavy atom. The molecule has 2 amide bonds. The van der Waals surface area contributed by atoms with E-state index < -0.39 is 67.4 Å². The van der Waals surface area contributed by atoms with Gasteiger partial charge >= 0.3 is 36.1 Å². The number of fused-ring (bicyclic) bond motifs is 4. The molecule has 9 aromatic rings. The maximum absolute atomic E-state index is 13.6. The van der Waals surface area contributed by atoms with Crippen molar-refractivity contribution in [3.8, 4) is 45.0 Å². The average molecular weight is 2140 g/mol. The van der Waals surface area contributed by atoms with Crippen LogP contribution in [0.15, 0.2) is 114 Å². The number of aromatic carboxylic acids is 1. The number of Topliss-reactive ketones (excluding diaryl/α,β-unsaturated/α-hetero) is 1. The molecule has 5 aromatic carbocycles. The van der Waals surface area contributed by atoms with Crippen LogP contribution in [0, 0.1) is 5.41 Å². The van der Waals surface area contributed by atoms with Crippen molar-refractivity contribution in [3.05, 3.63) is 192 Å². The molecule has 0 spiro atoms. The largest absolute Gasteiger partial charge is 0.477 e. The van der Waals surface area contributed by atoms with E-state index in [9.17, 15) is 48.6 Å². The smallest absolute Gasteiger partial charge is 0.410 e. The Morgan fingerprint density at radius 3 is 0.956 bits per heavy atom. The summed E-state index contributed by atoms with van der Waals surface area (Å²) in [6.07, 6.45) is 5.03. The summed E-state index contributed by atoms with van der Waals surface area (Å²) in [6.45, 7) is 43.4. The molecule has 137 heavy (non-hydrogen) atoms. The van der Waals surface area contributed by atoms with E-state index in [1.54, 1.807) is 126 Å². The third-order valence-electron chi connectivity index (χ3n) is 21.0. The van der Waals surface area contributed by atoms with Gasteiger partial charge in [-0.2, -0.15) is 0 Å². The standard InChI is InChI=1S/C26H32Cl2N2O5.C16H17Cl2NO3.C14H12Cl3NO2.C14H13Cl2NO3.C12H21NO3.C9H16O3.C7H4Cl3NO/c1-25(2,3)22-20(21(29-35-22)19-17(27)8-7-9-18(19)28)23(31)33-16-12-14-10-11-15(13-16)30(14)24(32)34-26(4,5)6;1-5-21-15(20)12-13(19-22-14(12)16(2,3)4)11-9(17)7-6-8-10(11)18;1-14(2,3)12-10(13(17)19)11(18-20-12)9-7(15)5-4-6-8(9)16;1-14(2,3)12-10(13(18)19)11(17-20-12)9-7(15)5-4-6-8(9)16;1-12(2,3)16-11(15)13-8-4-5-9(13)7-10(14)6-8;1-5-12-8(11)6-7(10)9(2,3)4;8-4-2-1-3-5(9)6(4)7(10)11-12/h7-9,14-16H,10-13H2,1-6H3;6-8H,5H2,1-4H3;4-6H,1-3H3;4-6H,1-3H3,(H,18,19);8-10,14H,4-7H2,1-3H3;5-6H2,1-4H3;1-3,12H/b;;;;;;11-7-/t14-,15+,16?;;;;8-,9+,10?;;. The first-order valence-corrected chi connectivity index (χ1v) is 48.2. The number of carboxylic acids is 1. The number of benzene rings is 5. The molecule has 27 nitrogen and oxygen atoms in total. The number of ketones is 1. The minimum atomic E-state index is -1.12. The van der Waals surface area contributed by atoms with Crippen molar-refractivity contribution in [1.29, 1.82) is 0 Å². The molecule has 8 heterocycles. The summed E-state index contributed by atoms with van der Waals surface area (Å²) in [6, 6.07) is 25.4. The molecule has 4 bridgehead atoms. The number of halogens is 12. The van der Waals surface area contributed by atoms with Crippen molar-refractivity contribution in [2.45, 2.75) is 286 Å². The number of oxime groups is 1. The van der Waals surface area contributed by atoms with Crippen LogP contribution < -0.4 is 0 Å². The lowest BCUT2D eigenvalue weighted by Gasteiger charge is -2.39. The molecular formula is C98H115Cl12N7O20. The molecule has 0 aliphatic carbocycles.